The van der Waals surface area contributed by atoms with Crippen molar-refractivity contribution in [2.45, 2.75) is 33.0 Å². The summed E-state index contributed by atoms with van der Waals surface area (Å²) in [6.07, 6.45) is 3.52. The summed E-state index contributed by atoms with van der Waals surface area (Å²) in [7, 11) is 0. The Morgan fingerprint density at radius 1 is 1.18 bits per heavy atom. The molecule has 1 heterocycles. The van der Waals surface area contributed by atoms with E-state index in [2.05, 4.69) is 4.98 Å². The number of pyridine rings is 1. The Kier molecular flexibility index (Phi) is 7.02. The third kappa shape index (κ3) is 4.55. The number of rotatable bonds is 5. The first kappa shape index (κ1) is 18.1. The summed E-state index contributed by atoms with van der Waals surface area (Å²) in [6, 6.07) is 11.5. The maximum atomic E-state index is 12.7. The fourth-order valence-corrected chi connectivity index (χ4v) is 2.13. The zero-order chi connectivity index (χ0) is 15.2. The van der Waals surface area contributed by atoms with E-state index < -0.39 is 0 Å². The van der Waals surface area contributed by atoms with E-state index in [1.807, 2.05) is 55.1 Å². The van der Waals surface area contributed by atoms with Crippen LogP contribution in [0.3, 0.4) is 0 Å². The van der Waals surface area contributed by atoms with Crippen LogP contribution < -0.4 is 5.73 Å². The van der Waals surface area contributed by atoms with Gasteiger partial charge < -0.3 is 10.6 Å². The second-order valence-corrected chi connectivity index (χ2v) is 5.29. The largest absolute Gasteiger partial charge is 0.332 e. The number of hydrogen-bond acceptors (Lipinski definition) is 3. The quantitative estimate of drug-likeness (QED) is 0.921. The zero-order valence-corrected chi connectivity index (χ0v) is 13.7. The van der Waals surface area contributed by atoms with Crippen molar-refractivity contribution in [1.82, 2.24) is 9.88 Å². The van der Waals surface area contributed by atoms with Gasteiger partial charge in [0, 0.05) is 37.1 Å². The molecule has 0 unspecified atom stereocenters. The molecule has 0 atom stereocenters. The molecule has 0 spiro atoms. The topological polar surface area (TPSA) is 59.2 Å². The maximum absolute atomic E-state index is 12.7. The van der Waals surface area contributed by atoms with Crippen molar-refractivity contribution in [3.8, 4) is 0 Å². The van der Waals surface area contributed by atoms with Crippen molar-refractivity contribution in [1.29, 1.82) is 0 Å². The van der Waals surface area contributed by atoms with Gasteiger partial charge in [-0.2, -0.15) is 0 Å². The summed E-state index contributed by atoms with van der Waals surface area (Å²) in [4.78, 5) is 18.6. The second-order valence-electron chi connectivity index (χ2n) is 5.29. The molecule has 0 aliphatic rings. The lowest BCUT2D eigenvalue weighted by atomic mass is 10.1. The van der Waals surface area contributed by atoms with Gasteiger partial charge in [-0.05, 0) is 43.2 Å². The maximum Gasteiger partial charge on any atom is 0.254 e. The molecule has 5 heteroatoms. The Labute approximate surface area is 137 Å². The molecule has 118 valence electrons. The first-order chi connectivity index (χ1) is 10.1. The fourth-order valence-electron chi connectivity index (χ4n) is 2.13. The molecule has 1 aromatic carbocycles. The van der Waals surface area contributed by atoms with Crippen LogP contribution in [0.4, 0.5) is 0 Å². The molecular weight excluding hydrogens is 298 g/mol. The summed E-state index contributed by atoms with van der Waals surface area (Å²) in [5.74, 6) is 0.0254. The molecule has 0 bridgehead atoms. The van der Waals surface area contributed by atoms with Crippen molar-refractivity contribution in [2.24, 2.45) is 5.73 Å². The standard InChI is InChI=1S/C17H21N3O.ClH/c1-13(2)20(12-15-4-3-9-19-11-15)17(21)16-7-5-14(10-18)6-8-16;/h3-9,11,13H,10,12,18H2,1-2H3;1H. The van der Waals surface area contributed by atoms with Gasteiger partial charge in [0.1, 0.15) is 0 Å². The number of carbonyl (C=O) groups excluding carboxylic acids is 1. The normalized spacial score (nSPS) is 10.2. The van der Waals surface area contributed by atoms with E-state index in [-0.39, 0.29) is 24.4 Å². The number of aromatic nitrogens is 1. The Morgan fingerprint density at radius 3 is 2.36 bits per heavy atom. The number of nitrogens with two attached hydrogens (primary N) is 1. The van der Waals surface area contributed by atoms with Gasteiger partial charge in [0.2, 0.25) is 0 Å². The number of halogens is 1. The molecule has 22 heavy (non-hydrogen) atoms. The van der Waals surface area contributed by atoms with E-state index >= 15 is 0 Å². The van der Waals surface area contributed by atoms with Gasteiger partial charge in [-0.15, -0.1) is 12.4 Å². The fraction of sp³-hybridized carbons (Fsp3) is 0.294. The van der Waals surface area contributed by atoms with Crippen LogP contribution in [0.5, 0.6) is 0 Å². The first-order valence-electron chi connectivity index (χ1n) is 7.10. The van der Waals surface area contributed by atoms with Crippen LogP contribution in [0.2, 0.25) is 0 Å². The lowest BCUT2D eigenvalue weighted by Crippen LogP contribution is -2.36. The van der Waals surface area contributed by atoms with Crippen molar-refractivity contribution in [2.75, 3.05) is 0 Å². The summed E-state index contributed by atoms with van der Waals surface area (Å²) >= 11 is 0. The minimum absolute atomic E-state index is 0. The van der Waals surface area contributed by atoms with Gasteiger partial charge in [-0.3, -0.25) is 9.78 Å². The minimum Gasteiger partial charge on any atom is -0.332 e. The number of hydrogen-bond donors (Lipinski definition) is 1. The van der Waals surface area contributed by atoms with Gasteiger partial charge in [0.05, 0.1) is 0 Å². The summed E-state index contributed by atoms with van der Waals surface area (Å²) in [5.41, 5.74) is 8.32. The number of benzene rings is 1. The van der Waals surface area contributed by atoms with E-state index in [1.54, 1.807) is 12.4 Å². The SMILES string of the molecule is CC(C)N(Cc1cccnc1)C(=O)c1ccc(CN)cc1.Cl. The third-order valence-electron chi connectivity index (χ3n) is 3.40. The summed E-state index contributed by atoms with van der Waals surface area (Å²) in [5, 5.41) is 0. The van der Waals surface area contributed by atoms with Gasteiger partial charge in [0.15, 0.2) is 0 Å². The molecule has 0 radical (unpaired) electrons. The smallest absolute Gasteiger partial charge is 0.254 e. The predicted molar refractivity (Wildman–Crippen MR) is 90.8 cm³/mol. The van der Waals surface area contributed by atoms with Gasteiger partial charge in [-0.1, -0.05) is 18.2 Å². The highest BCUT2D eigenvalue weighted by Gasteiger charge is 2.19. The van der Waals surface area contributed by atoms with E-state index in [4.69, 9.17) is 5.73 Å². The predicted octanol–water partition coefficient (Wildman–Crippen LogP) is 3.01. The highest BCUT2D eigenvalue weighted by molar-refractivity contribution is 5.94. The third-order valence-corrected chi connectivity index (χ3v) is 3.40. The number of carbonyl (C=O) groups is 1. The molecule has 0 fully saturated rings. The van der Waals surface area contributed by atoms with E-state index in [1.165, 1.54) is 0 Å². The van der Waals surface area contributed by atoms with Crippen molar-refractivity contribution in [3.05, 3.63) is 65.5 Å². The molecule has 0 aliphatic carbocycles. The van der Waals surface area contributed by atoms with Crippen molar-refractivity contribution < 1.29 is 4.79 Å². The monoisotopic (exact) mass is 319 g/mol. The van der Waals surface area contributed by atoms with Crippen LogP contribution in [0.1, 0.15) is 35.3 Å². The molecule has 0 aliphatic heterocycles. The minimum atomic E-state index is 0. The van der Waals surface area contributed by atoms with Crippen molar-refractivity contribution >= 4 is 18.3 Å². The summed E-state index contributed by atoms with van der Waals surface area (Å²) < 4.78 is 0. The van der Waals surface area contributed by atoms with E-state index in [0.29, 0.717) is 18.7 Å². The highest BCUT2D eigenvalue weighted by Crippen LogP contribution is 2.13. The number of amides is 1. The number of nitrogens with zero attached hydrogens (tertiary/aromatic N) is 2. The zero-order valence-electron chi connectivity index (χ0n) is 12.9. The molecular formula is C17H22ClN3O. The van der Waals surface area contributed by atoms with Crippen LogP contribution in [0.25, 0.3) is 0 Å². The van der Waals surface area contributed by atoms with Crippen LogP contribution in [0, 0.1) is 0 Å². The lowest BCUT2D eigenvalue weighted by molar-refractivity contribution is 0.0690. The first-order valence-corrected chi connectivity index (χ1v) is 7.10. The van der Waals surface area contributed by atoms with Crippen LogP contribution in [-0.2, 0) is 13.1 Å². The molecule has 1 aromatic heterocycles. The molecule has 0 saturated carbocycles. The van der Waals surface area contributed by atoms with Crippen LogP contribution >= 0.6 is 12.4 Å². The Balaban J connectivity index is 0.00000242. The average Bonchev–Trinajstić information content (AvgIpc) is 2.53. The molecule has 0 saturated heterocycles. The van der Waals surface area contributed by atoms with Crippen LogP contribution in [-0.4, -0.2) is 21.8 Å². The molecule has 4 nitrogen and oxygen atoms in total. The molecule has 2 N–H and O–H groups in total. The van der Waals surface area contributed by atoms with Crippen molar-refractivity contribution in [3.63, 3.8) is 0 Å². The Hall–Kier alpha value is -1.91. The van der Waals surface area contributed by atoms with Gasteiger partial charge in [0.25, 0.3) is 5.91 Å². The lowest BCUT2D eigenvalue weighted by Gasteiger charge is -2.27. The van der Waals surface area contributed by atoms with Gasteiger partial charge >= 0.3 is 0 Å². The molecule has 2 rings (SSSR count). The van der Waals surface area contributed by atoms with E-state index in [0.717, 1.165) is 11.1 Å². The molecule has 1 amide bonds. The molecule has 2 aromatic rings. The van der Waals surface area contributed by atoms with Crippen LogP contribution in [0.15, 0.2) is 48.8 Å². The second kappa shape index (κ2) is 8.51. The highest BCUT2D eigenvalue weighted by atomic mass is 35.5. The average molecular weight is 320 g/mol. The Morgan fingerprint density at radius 2 is 1.86 bits per heavy atom. The Bertz CT molecular complexity index is 585. The summed E-state index contributed by atoms with van der Waals surface area (Å²) in [6.45, 7) is 5.08. The van der Waals surface area contributed by atoms with E-state index in [9.17, 15) is 4.79 Å². The van der Waals surface area contributed by atoms with Gasteiger partial charge in [-0.25, -0.2) is 0 Å².